The maximum Gasteiger partial charge on any atom is 0.313 e. The molecule has 7 heteroatoms. The minimum absolute atomic E-state index is 0.0882. The maximum atomic E-state index is 10.7. The molecule has 20 heavy (non-hydrogen) atoms. The molecule has 1 aromatic heterocycles. The fraction of sp³-hybridized carbons (Fsp3) is 0.231. The van der Waals surface area contributed by atoms with Gasteiger partial charge in [-0.2, -0.15) is 5.26 Å². The lowest BCUT2D eigenvalue weighted by Crippen LogP contribution is -2.04. The minimum Gasteiger partial charge on any atom is -0.481 e. The van der Waals surface area contributed by atoms with E-state index in [1.165, 1.54) is 0 Å². The number of nitrogens with zero attached hydrogens (tertiary/aromatic N) is 4. The number of thioether (sulfide) groups is 1. The van der Waals surface area contributed by atoms with E-state index in [4.69, 9.17) is 10.4 Å². The first-order valence-corrected chi connectivity index (χ1v) is 6.79. The van der Waals surface area contributed by atoms with E-state index in [9.17, 15) is 4.79 Å². The van der Waals surface area contributed by atoms with E-state index in [0.717, 1.165) is 23.0 Å². The summed E-state index contributed by atoms with van der Waals surface area (Å²) in [7, 11) is 0. The van der Waals surface area contributed by atoms with Crippen molar-refractivity contribution in [1.82, 2.24) is 14.8 Å². The highest BCUT2D eigenvalue weighted by molar-refractivity contribution is 7.99. The van der Waals surface area contributed by atoms with Crippen LogP contribution in [0.5, 0.6) is 0 Å². The third-order valence-corrected chi connectivity index (χ3v) is 3.61. The lowest BCUT2D eigenvalue weighted by atomic mass is 10.1. The summed E-state index contributed by atoms with van der Waals surface area (Å²) in [5.41, 5.74) is 2.29. The third kappa shape index (κ3) is 2.81. The second-order valence-corrected chi connectivity index (χ2v) is 5.10. The highest BCUT2D eigenvalue weighted by atomic mass is 32.2. The number of nitriles is 1. The van der Waals surface area contributed by atoms with E-state index in [1.54, 1.807) is 23.6 Å². The van der Waals surface area contributed by atoms with Gasteiger partial charge in [0.25, 0.3) is 0 Å². The lowest BCUT2D eigenvalue weighted by molar-refractivity contribution is -0.133. The second-order valence-electron chi connectivity index (χ2n) is 4.16. The first-order valence-electron chi connectivity index (χ1n) is 5.80. The number of hydrogen-bond acceptors (Lipinski definition) is 5. The molecule has 0 radical (unpaired) electrons. The van der Waals surface area contributed by atoms with Gasteiger partial charge in [-0.15, -0.1) is 10.2 Å². The fourth-order valence-corrected chi connectivity index (χ4v) is 2.47. The van der Waals surface area contributed by atoms with Gasteiger partial charge in [0.2, 0.25) is 0 Å². The van der Waals surface area contributed by atoms with Crippen molar-refractivity contribution in [2.24, 2.45) is 0 Å². The number of carbonyl (C=O) groups is 1. The SMILES string of the molecule is Cc1ccc(C#N)cc1-n1c(C)nnc1SCC(=O)O. The van der Waals surface area contributed by atoms with E-state index in [2.05, 4.69) is 16.3 Å². The first-order chi connectivity index (χ1) is 9.52. The molecule has 0 amide bonds. The topological polar surface area (TPSA) is 91.8 Å². The molecule has 1 heterocycles. The Bertz CT molecular complexity index is 703. The molecular weight excluding hydrogens is 276 g/mol. The molecule has 0 saturated heterocycles. The summed E-state index contributed by atoms with van der Waals surface area (Å²) >= 11 is 1.10. The average molecular weight is 288 g/mol. The molecule has 0 atom stereocenters. The molecule has 0 spiro atoms. The van der Waals surface area contributed by atoms with Crippen LogP contribution in [0.25, 0.3) is 5.69 Å². The van der Waals surface area contributed by atoms with Crippen LogP contribution in [0.15, 0.2) is 23.4 Å². The Morgan fingerprint density at radius 2 is 2.20 bits per heavy atom. The number of benzene rings is 1. The summed E-state index contributed by atoms with van der Waals surface area (Å²) in [6.07, 6.45) is 0. The van der Waals surface area contributed by atoms with Crippen LogP contribution in [-0.2, 0) is 4.79 Å². The summed E-state index contributed by atoms with van der Waals surface area (Å²) in [6, 6.07) is 7.42. The standard InChI is InChI=1S/C13H12N4O2S/c1-8-3-4-10(6-14)5-11(8)17-9(2)15-16-13(17)20-7-12(18)19/h3-5H,7H2,1-2H3,(H,18,19). The summed E-state index contributed by atoms with van der Waals surface area (Å²) < 4.78 is 1.77. The molecule has 2 rings (SSSR count). The fourth-order valence-electron chi connectivity index (χ4n) is 1.76. The summed E-state index contributed by atoms with van der Waals surface area (Å²) in [5, 5.41) is 26.2. The Morgan fingerprint density at radius 3 is 2.85 bits per heavy atom. The van der Waals surface area contributed by atoms with Crippen LogP contribution in [-0.4, -0.2) is 31.6 Å². The molecule has 1 N–H and O–H groups in total. The van der Waals surface area contributed by atoms with Crippen molar-refractivity contribution in [2.75, 3.05) is 5.75 Å². The van der Waals surface area contributed by atoms with Crippen LogP contribution >= 0.6 is 11.8 Å². The van der Waals surface area contributed by atoms with Gasteiger partial charge in [-0.25, -0.2) is 0 Å². The summed E-state index contributed by atoms with van der Waals surface area (Å²) in [6.45, 7) is 3.71. The molecule has 1 aromatic carbocycles. The van der Waals surface area contributed by atoms with E-state index in [-0.39, 0.29) is 5.75 Å². The first kappa shape index (κ1) is 14.1. The maximum absolute atomic E-state index is 10.7. The van der Waals surface area contributed by atoms with E-state index in [1.807, 2.05) is 13.0 Å². The van der Waals surface area contributed by atoms with Gasteiger partial charge >= 0.3 is 5.97 Å². The zero-order valence-electron chi connectivity index (χ0n) is 11.0. The number of carboxylic acids is 1. The molecule has 0 aliphatic rings. The molecule has 0 aliphatic carbocycles. The van der Waals surface area contributed by atoms with Gasteiger partial charge in [-0.3, -0.25) is 9.36 Å². The number of aromatic nitrogens is 3. The molecule has 0 saturated carbocycles. The smallest absolute Gasteiger partial charge is 0.313 e. The predicted molar refractivity (Wildman–Crippen MR) is 73.9 cm³/mol. The Hall–Kier alpha value is -2.33. The minimum atomic E-state index is -0.912. The van der Waals surface area contributed by atoms with Crippen LogP contribution in [0.2, 0.25) is 0 Å². The summed E-state index contributed by atoms with van der Waals surface area (Å²) in [5.74, 6) is -0.351. The van der Waals surface area contributed by atoms with Crippen LogP contribution in [0.1, 0.15) is 17.0 Å². The van der Waals surface area contributed by atoms with Crippen LogP contribution < -0.4 is 0 Å². The van der Waals surface area contributed by atoms with Gasteiger partial charge in [-0.1, -0.05) is 17.8 Å². The van der Waals surface area contributed by atoms with E-state index < -0.39 is 5.97 Å². The predicted octanol–water partition coefficient (Wildman–Crippen LogP) is 1.93. The Morgan fingerprint density at radius 1 is 1.45 bits per heavy atom. The number of hydrogen-bond donors (Lipinski definition) is 1. The van der Waals surface area contributed by atoms with Crippen LogP contribution in [0.4, 0.5) is 0 Å². The zero-order chi connectivity index (χ0) is 14.7. The van der Waals surface area contributed by atoms with Crippen molar-refractivity contribution in [1.29, 1.82) is 5.26 Å². The van der Waals surface area contributed by atoms with Crippen LogP contribution in [0.3, 0.4) is 0 Å². The molecular formula is C13H12N4O2S. The molecule has 2 aromatic rings. The van der Waals surface area contributed by atoms with Crippen LogP contribution in [0, 0.1) is 25.2 Å². The second kappa shape index (κ2) is 5.75. The summed E-state index contributed by atoms with van der Waals surface area (Å²) in [4.78, 5) is 10.7. The molecule has 102 valence electrons. The van der Waals surface area contributed by atoms with Gasteiger partial charge in [-0.05, 0) is 31.5 Å². The monoisotopic (exact) mass is 288 g/mol. The molecule has 0 bridgehead atoms. The van der Waals surface area contributed by atoms with Gasteiger partial charge in [0.15, 0.2) is 5.16 Å². The van der Waals surface area contributed by atoms with Crippen molar-refractivity contribution in [3.8, 4) is 11.8 Å². The van der Waals surface area contributed by atoms with Crippen molar-refractivity contribution in [3.63, 3.8) is 0 Å². The van der Waals surface area contributed by atoms with Gasteiger partial charge in [0.05, 0.1) is 23.1 Å². The Labute approximate surface area is 120 Å². The molecule has 0 fully saturated rings. The number of rotatable bonds is 4. The molecule has 6 nitrogen and oxygen atoms in total. The molecule has 0 aliphatic heterocycles. The Kier molecular flexibility index (Phi) is 4.05. The van der Waals surface area contributed by atoms with Crippen molar-refractivity contribution >= 4 is 17.7 Å². The normalized spacial score (nSPS) is 10.2. The number of carboxylic acid groups (broad SMARTS) is 1. The lowest BCUT2D eigenvalue weighted by Gasteiger charge is -2.11. The quantitative estimate of drug-likeness (QED) is 0.864. The van der Waals surface area contributed by atoms with E-state index >= 15 is 0 Å². The van der Waals surface area contributed by atoms with Gasteiger partial charge in [0.1, 0.15) is 5.82 Å². The average Bonchev–Trinajstić information content (AvgIpc) is 2.78. The van der Waals surface area contributed by atoms with E-state index in [0.29, 0.717) is 16.5 Å². The van der Waals surface area contributed by atoms with Crippen molar-refractivity contribution < 1.29 is 9.90 Å². The number of aryl methyl sites for hydroxylation is 2. The third-order valence-electron chi connectivity index (χ3n) is 2.70. The number of aliphatic carboxylic acids is 1. The Balaban J connectivity index is 2.49. The molecule has 0 unspecified atom stereocenters. The van der Waals surface area contributed by atoms with Crippen molar-refractivity contribution in [3.05, 3.63) is 35.2 Å². The van der Waals surface area contributed by atoms with Gasteiger partial charge in [0, 0.05) is 0 Å². The van der Waals surface area contributed by atoms with Crippen molar-refractivity contribution in [2.45, 2.75) is 19.0 Å². The van der Waals surface area contributed by atoms with Gasteiger partial charge < -0.3 is 5.11 Å². The highest BCUT2D eigenvalue weighted by Crippen LogP contribution is 2.24. The largest absolute Gasteiger partial charge is 0.481 e. The highest BCUT2D eigenvalue weighted by Gasteiger charge is 2.15. The zero-order valence-corrected chi connectivity index (χ0v) is 11.8.